The Morgan fingerprint density at radius 3 is 2.53 bits per heavy atom. The van der Waals surface area contributed by atoms with Crippen molar-refractivity contribution in [3.63, 3.8) is 0 Å². The first-order chi connectivity index (χ1) is 17.2. The number of aryl methyl sites for hydroxylation is 3. The van der Waals surface area contributed by atoms with Crippen molar-refractivity contribution in [2.45, 2.75) is 53.6 Å². The lowest BCUT2D eigenvalue weighted by Gasteiger charge is -2.31. The quantitative estimate of drug-likeness (QED) is 0.363. The van der Waals surface area contributed by atoms with Gasteiger partial charge in [-0.1, -0.05) is 48.9 Å². The predicted octanol–water partition coefficient (Wildman–Crippen LogP) is 4.89. The molecular formula is C28H33N5O3. The van der Waals surface area contributed by atoms with Crippen molar-refractivity contribution in [3.05, 3.63) is 77.2 Å². The average Bonchev–Trinajstić information content (AvgIpc) is 3.44. The van der Waals surface area contributed by atoms with Gasteiger partial charge >= 0.3 is 0 Å². The lowest BCUT2D eigenvalue weighted by atomic mass is 10.1. The zero-order valence-electron chi connectivity index (χ0n) is 21.5. The summed E-state index contributed by atoms with van der Waals surface area (Å²) in [7, 11) is 0. The Labute approximate surface area is 211 Å². The first kappa shape index (κ1) is 25.2. The minimum atomic E-state index is -0.977. The highest BCUT2D eigenvalue weighted by Crippen LogP contribution is 2.32. The van der Waals surface area contributed by atoms with Crippen LogP contribution in [0.4, 0.5) is 5.69 Å². The first-order valence-electron chi connectivity index (χ1n) is 12.3. The number of hydrogen-bond acceptors (Lipinski definition) is 5. The zero-order valence-corrected chi connectivity index (χ0v) is 21.5. The molecule has 1 N–H and O–H groups in total. The molecule has 8 nitrogen and oxygen atoms in total. The standard InChI is InChI=1S/C28H33N5O3/c1-18(2)14-15-29-28(35)27(25-13-11-21(5)36-25)33(23-12-10-19(3)16-20(23)4)26(34)17-32-24-9-7-6-8-22(24)30-31-32/h6-13,16,18,27H,14-15,17H2,1-5H3,(H,29,35). The molecule has 0 aliphatic rings. The normalized spacial score (nSPS) is 12.2. The van der Waals surface area contributed by atoms with E-state index in [0.717, 1.165) is 23.1 Å². The molecule has 0 radical (unpaired) electrons. The second-order valence-corrected chi connectivity index (χ2v) is 9.61. The number of hydrogen-bond donors (Lipinski definition) is 1. The van der Waals surface area contributed by atoms with Crippen LogP contribution in [0.2, 0.25) is 0 Å². The zero-order chi connectivity index (χ0) is 25.8. The van der Waals surface area contributed by atoms with Crippen LogP contribution in [0.1, 0.15) is 49.0 Å². The van der Waals surface area contributed by atoms with E-state index in [0.29, 0.717) is 35.2 Å². The van der Waals surface area contributed by atoms with Crippen LogP contribution in [0.15, 0.2) is 59.0 Å². The molecule has 0 spiro atoms. The fourth-order valence-corrected chi connectivity index (χ4v) is 4.29. The van der Waals surface area contributed by atoms with Gasteiger partial charge in [0.1, 0.15) is 23.6 Å². The Morgan fingerprint density at radius 2 is 1.83 bits per heavy atom. The van der Waals surface area contributed by atoms with Crippen LogP contribution in [0.25, 0.3) is 11.0 Å². The molecule has 36 heavy (non-hydrogen) atoms. The molecule has 2 heterocycles. The predicted molar refractivity (Wildman–Crippen MR) is 140 cm³/mol. The Hall–Kier alpha value is -3.94. The van der Waals surface area contributed by atoms with Gasteiger partial charge in [0.25, 0.3) is 5.91 Å². The second kappa shape index (κ2) is 10.8. The number of carbonyl (C=O) groups is 2. The van der Waals surface area contributed by atoms with Gasteiger partial charge in [-0.2, -0.15) is 0 Å². The van der Waals surface area contributed by atoms with Gasteiger partial charge < -0.3 is 9.73 Å². The van der Waals surface area contributed by atoms with Crippen molar-refractivity contribution >= 4 is 28.5 Å². The average molecular weight is 488 g/mol. The minimum absolute atomic E-state index is 0.0801. The van der Waals surface area contributed by atoms with Crippen LogP contribution in [-0.2, 0) is 16.1 Å². The molecule has 0 fully saturated rings. The van der Waals surface area contributed by atoms with E-state index in [1.165, 1.54) is 4.90 Å². The number of nitrogens with zero attached hydrogens (tertiary/aromatic N) is 4. The minimum Gasteiger partial charge on any atom is -0.464 e. The van der Waals surface area contributed by atoms with Crippen molar-refractivity contribution in [2.24, 2.45) is 5.92 Å². The summed E-state index contributed by atoms with van der Waals surface area (Å²) in [4.78, 5) is 29.2. The molecular weight excluding hydrogens is 454 g/mol. The Bertz CT molecular complexity index is 1370. The maximum absolute atomic E-state index is 14.0. The summed E-state index contributed by atoms with van der Waals surface area (Å²) in [6, 6.07) is 15.9. The van der Waals surface area contributed by atoms with E-state index in [4.69, 9.17) is 4.42 Å². The summed E-state index contributed by atoms with van der Waals surface area (Å²) in [5.41, 5.74) is 4.05. The maximum atomic E-state index is 14.0. The van der Waals surface area contributed by atoms with E-state index in [1.807, 2.05) is 63.2 Å². The Balaban J connectivity index is 1.77. The van der Waals surface area contributed by atoms with Crippen molar-refractivity contribution < 1.29 is 14.0 Å². The van der Waals surface area contributed by atoms with Crippen molar-refractivity contribution in [3.8, 4) is 0 Å². The molecule has 0 saturated carbocycles. The SMILES string of the molecule is Cc1ccc(N(C(=O)Cn2nnc3ccccc32)C(C(=O)NCCC(C)C)c2ccc(C)o2)c(C)c1. The largest absolute Gasteiger partial charge is 0.464 e. The van der Waals surface area contributed by atoms with Crippen molar-refractivity contribution in [1.29, 1.82) is 0 Å². The summed E-state index contributed by atoms with van der Waals surface area (Å²) >= 11 is 0. The third-order valence-corrected chi connectivity index (χ3v) is 6.14. The molecule has 8 heteroatoms. The van der Waals surface area contributed by atoms with Gasteiger partial charge in [0, 0.05) is 12.2 Å². The smallest absolute Gasteiger partial charge is 0.251 e. The Morgan fingerprint density at radius 1 is 1.06 bits per heavy atom. The number of para-hydroxylation sites is 1. The highest BCUT2D eigenvalue weighted by molar-refractivity contribution is 6.01. The lowest BCUT2D eigenvalue weighted by Crippen LogP contribution is -2.45. The molecule has 0 saturated heterocycles. The van der Waals surface area contributed by atoms with Gasteiger partial charge in [0.05, 0.1) is 5.52 Å². The van der Waals surface area contributed by atoms with Crippen molar-refractivity contribution in [2.75, 3.05) is 11.4 Å². The van der Waals surface area contributed by atoms with Crippen LogP contribution in [-0.4, -0.2) is 33.4 Å². The summed E-state index contributed by atoms with van der Waals surface area (Å²) < 4.78 is 7.49. The molecule has 188 valence electrons. The molecule has 2 amide bonds. The molecule has 1 unspecified atom stereocenters. The molecule has 4 rings (SSSR count). The number of benzene rings is 2. The molecule has 1 atom stereocenters. The van der Waals surface area contributed by atoms with Crippen LogP contribution in [0.5, 0.6) is 0 Å². The highest BCUT2D eigenvalue weighted by atomic mass is 16.3. The number of carbonyl (C=O) groups excluding carboxylic acids is 2. The summed E-state index contributed by atoms with van der Waals surface area (Å²) in [6.45, 7) is 10.4. The van der Waals surface area contributed by atoms with E-state index in [-0.39, 0.29) is 18.4 Å². The van der Waals surface area contributed by atoms with Crippen LogP contribution < -0.4 is 10.2 Å². The lowest BCUT2D eigenvalue weighted by molar-refractivity contribution is -0.127. The summed E-state index contributed by atoms with van der Waals surface area (Å²) in [5, 5.41) is 11.4. The van der Waals surface area contributed by atoms with Gasteiger partial charge in [-0.3, -0.25) is 14.5 Å². The molecule has 2 aromatic carbocycles. The fourth-order valence-electron chi connectivity index (χ4n) is 4.29. The topological polar surface area (TPSA) is 93.3 Å². The number of amides is 2. The number of aromatic nitrogens is 3. The van der Waals surface area contributed by atoms with Crippen molar-refractivity contribution in [1.82, 2.24) is 20.3 Å². The van der Waals surface area contributed by atoms with E-state index < -0.39 is 6.04 Å². The molecule has 4 aromatic rings. The number of fused-ring (bicyclic) bond motifs is 1. The van der Waals surface area contributed by atoms with Gasteiger partial charge in [0.2, 0.25) is 5.91 Å². The van der Waals surface area contributed by atoms with E-state index in [2.05, 4.69) is 29.5 Å². The van der Waals surface area contributed by atoms with Gasteiger partial charge in [0.15, 0.2) is 6.04 Å². The van der Waals surface area contributed by atoms with Crippen LogP contribution in [0.3, 0.4) is 0 Å². The third-order valence-electron chi connectivity index (χ3n) is 6.14. The molecule has 0 bridgehead atoms. The maximum Gasteiger partial charge on any atom is 0.251 e. The van der Waals surface area contributed by atoms with Gasteiger partial charge in [-0.05, 0) is 69.0 Å². The molecule has 0 aliphatic heterocycles. The fraction of sp³-hybridized carbons (Fsp3) is 0.357. The first-order valence-corrected chi connectivity index (χ1v) is 12.3. The van der Waals surface area contributed by atoms with E-state index in [9.17, 15) is 9.59 Å². The Kier molecular flexibility index (Phi) is 7.52. The molecule has 0 aliphatic carbocycles. The van der Waals surface area contributed by atoms with Crippen LogP contribution >= 0.6 is 0 Å². The van der Waals surface area contributed by atoms with Crippen LogP contribution in [0, 0.1) is 26.7 Å². The summed E-state index contributed by atoms with van der Waals surface area (Å²) in [5.74, 6) is 0.927. The highest BCUT2D eigenvalue weighted by Gasteiger charge is 2.36. The van der Waals surface area contributed by atoms with Gasteiger partial charge in [-0.15, -0.1) is 5.10 Å². The van der Waals surface area contributed by atoms with E-state index >= 15 is 0 Å². The monoisotopic (exact) mass is 487 g/mol. The number of anilines is 1. The number of rotatable bonds is 9. The summed E-state index contributed by atoms with van der Waals surface area (Å²) in [6.07, 6.45) is 0.831. The second-order valence-electron chi connectivity index (χ2n) is 9.61. The number of furan rings is 1. The van der Waals surface area contributed by atoms with E-state index in [1.54, 1.807) is 16.8 Å². The number of nitrogens with one attached hydrogen (secondary N) is 1. The van der Waals surface area contributed by atoms with Gasteiger partial charge in [-0.25, -0.2) is 4.68 Å². The molecule has 2 aromatic heterocycles. The third kappa shape index (κ3) is 5.48.